The van der Waals surface area contributed by atoms with Gasteiger partial charge in [0, 0.05) is 24.8 Å². The molecule has 2 aliphatic heterocycles. The van der Waals surface area contributed by atoms with Crippen molar-refractivity contribution in [1.29, 1.82) is 0 Å². The van der Waals surface area contributed by atoms with E-state index in [-0.39, 0.29) is 0 Å². The summed E-state index contributed by atoms with van der Waals surface area (Å²) < 4.78 is 0. The van der Waals surface area contributed by atoms with Crippen molar-refractivity contribution >= 4 is 5.57 Å². The average molecular weight is 318 g/mol. The van der Waals surface area contributed by atoms with Gasteiger partial charge in [0.05, 0.1) is 5.69 Å². The van der Waals surface area contributed by atoms with E-state index >= 15 is 0 Å². The summed E-state index contributed by atoms with van der Waals surface area (Å²) in [4.78, 5) is 7.47. The van der Waals surface area contributed by atoms with E-state index in [0.29, 0.717) is 12.1 Å². The topological polar surface area (TPSA) is 16.1 Å². The number of aryl methyl sites for hydroxylation is 2. The van der Waals surface area contributed by atoms with Crippen molar-refractivity contribution in [2.75, 3.05) is 0 Å². The Bertz CT molecular complexity index is 748. The van der Waals surface area contributed by atoms with Gasteiger partial charge in [-0.05, 0) is 55.4 Å². The fourth-order valence-electron chi connectivity index (χ4n) is 4.39. The van der Waals surface area contributed by atoms with Gasteiger partial charge in [-0.2, -0.15) is 0 Å². The summed E-state index contributed by atoms with van der Waals surface area (Å²) >= 11 is 0. The van der Waals surface area contributed by atoms with Crippen LogP contribution in [0, 0.1) is 13.8 Å². The molecule has 0 saturated carbocycles. The molecule has 0 radical (unpaired) electrons. The molecule has 1 fully saturated rings. The van der Waals surface area contributed by atoms with Crippen LogP contribution in [0.25, 0.3) is 5.57 Å². The van der Waals surface area contributed by atoms with Gasteiger partial charge in [-0.25, -0.2) is 0 Å². The highest BCUT2D eigenvalue weighted by molar-refractivity contribution is 5.67. The van der Waals surface area contributed by atoms with Gasteiger partial charge in [0.25, 0.3) is 0 Å². The Morgan fingerprint density at radius 1 is 1.12 bits per heavy atom. The molecule has 2 bridgehead atoms. The Kier molecular flexibility index (Phi) is 4.24. The smallest absolute Gasteiger partial charge is 0.0688 e. The highest BCUT2D eigenvalue weighted by Gasteiger charge is 2.34. The number of rotatable bonds is 3. The fourth-order valence-corrected chi connectivity index (χ4v) is 4.39. The molecule has 0 N–H and O–H groups in total. The summed E-state index contributed by atoms with van der Waals surface area (Å²) in [6.07, 6.45) is 9.59. The average Bonchev–Trinajstić information content (AvgIpc) is 2.56. The van der Waals surface area contributed by atoms with E-state index in [1.807, 2.05) is 6.20 Å². The van der Waals surface area contributed by atoms with Gasteiger partial charge in [-0.3, -0.25) is 9.88 Å². The number of benzene rings is 1. The summed E-state index contributed by atoms with van der Waals surface area (Å²) in [5.41, 5.74) is 6.67. The molecule has 0 spiro atoms. The minimum Gasteiger partial charge on any atom is -0.289 e. The van der Waals surface area contributed by atoms with E-state index in [1.165, 1.54) is 47.2 Å². The third-order valence-corrected chi connectivity index (χ3v) is 5.51. The van der Waals surface area contributed by atoms with E-state index in [9.17, 15) is 0 Å². The van der Waals surface area contributed by atoms with Gasteiger partial charge in [0.1, 0.15) is 0 Å². The fraction of sp³-hybridized carbons (Fsp3) is 0.409. The molecule has 2 unspecified atom stereocenters. The number of nitrogens with zero attached hydrogens (tertiary/aromatic N) is 2. The van der Waals surface area contributed by atoms with Gasteiger partial charge in [-0.1, -0.05) is 48.9 Å². The van der Waals surface area contributed by atoms with Crippen LogP contribution in [0.5, 0.6) is 0 Å². The molecule has 1 aromatic heterocycles. The van der Waals surface area contributed by atoms with Crippen LogP contribution in [0.1, 0.15) is 48.1 Å². The molecule has 2 atom stereocenters. The zero-order valence-electron chi connectivity index (χ0n) is 14.7. The van der Waals surface area contributed by atoms with Crippen molar-refractivity contribution in [3.63, 3.8) is 0 Å². The van der Waals surface area contributed by atoms with Crippen LogP contribution in [0.2, 0.25) is 0 Å². The molecule has 2 aromatic rings. The van der Waals surface area contributed by atoms with Crippen molar-refractivity contribution in [2.24, 2.45) is 0 Å². The van der Waals surface area contributed by atoms with Gasteiger partial charge in [0.2, 0.25) is 0 Å². The van der Waals surface area contributed by atoms with Crippen LogP contribution in [0.3, 0.4) is 0 Å². The van der Waals surface area contributed by atoms with Gasteiger partial charge in [-0.15, -0.1) is 0 Å². The monoisotopic (exact) mass is 318 g/mol. The number of fused-ring (bicyclic) bond motifs is 2. The maximum absolute atomic E-state index is 4.75. The molecule has 0 amide bonds. The summed E-state index contributed by atoms with van der Waals surface area (Å²) in [6.45, 7) is 5.39. The van der Waals surface area contributed by atoms with Crippen molar-refractivity contribution < 1.29 is 0 Å². The second kappa shape index (κ2) is 6.52. The zero-order chi connectivity index (χ0) is 16.5. The summed E-state index contributed by atoms with van der Waals surface area (Å²) in [6, 6.07) is 14.4. The number of piperidine rings is 1. The van der Waals surface area contributed by atoms with Crippen LogP contribution in [-0.2, 0) is 6.54 Å². The van der Waals surface area contributed by atoms with E-state index < -0.39 is 0 Å². The molecular weight excluding hydrogens is 292 g/mol. The Labute approximate surface area is 145 Å². The molecular formula is C22H26N2. The lowest BCUT2D eigenvalue weighted by molar-refractivity contribution is 0.0950. The van der Waals surface area contributed by atoms with Gasteiger partial charge < -0.3 is 0 Å². The minimum absolute atomic E-state index is 0.565. The lowest BCUT2D eigenvalue weighted by Gasteiger charge is -2.45. The summed E-state index contributed by atoms with van der Waals surface area (Å²) in [7, 11) is 0. The molecule has 4 rings (SSSR count). The lowest BCUT2D eigenvalue weighted by Crippen LogP contribution is -2.47. The van der Waals surface area contributed by atoms with Crippen molar-refractivity contribution in [2.45, 2.75) is 58.2 Å². The summed E-state index contributed by atoms with van der Waals surface area (Å²) in [5.74, 6) is 0. The predicted octanol–water partition coefficient (Wildman–Crippen LogP) is 4.91. The predicted molar refractivity (Wildman–Crippen MR) is 99.7 cm³/mol. The van der Waals surface area contributed by atoms with Gasteiger partial charge >= 0.3 is 0 Å². The van der Waals surface area contributed by atoms with Crippen molar-refractivity contribution in [3.8, 4) is 0 Å². The van der Waals surface area contributed by atoms with Crippen LogP contribution >= 0.6 is 0 Å². The molecule has 0 aliphatic carbocycles. The number of pyridine rings is 1. The molecule has 1 saturated heterocycles. The lowest BCUT2D eigenvalue weighted by atomic mass is 9.83. The minimum atomic E-state index is 0.565. The van der Waals surface area contributed by atoms with Crippen LogP contribution in [0.4, 0.5) is 0 Å². The van der Waals surface area contributed by atoms with Gasteiger partial charge in [0.15, 0.2) is 0 Å². The third-order valence-electron chi connectivity index (χ3n) is 5.51. The number of aromatic nitrogens is 1. The molecule has 3 heterocycles. The largest absolute Gasteiger partial charge is 0.289 e. The Hall–Kier alpha value is -1.93. The second-order valence-electron chi connectivity index (χ2n) is 7.38. The van der Waals surface area contributed by atoms with E-state index in [1.54, 1.807) is 0 Å². The molecule has 24 heavy (non-hydrogen) atoms. The number of hydrogen-bond donors (Lipinski definition) is 0. The second-order valence-corrected chi connectivity index (χ2v) is 7.38. The SMILES string of the molecule is Cc1cnc(C2=CC3CCCC(C2)N3Cc2ccccc2)c(C)c1. The van der Waals surface area contributed by atoms with E-state index in [0.717, 1.165) is 13.0 Å². The Morgan fingerprint density at radius 2 is 1.96 bits per heavy atom. The first-order valence-corrected chi connectivity index (χ1v) is 9.15. The van der Waals surface area contributed by atoms with Crippen molar-refractivity contribution in [3.05, 3.63) is 71.1 Å². The van der Waals surface area contributed by atoms with Crippen molar-refractivity contribution in [1.82, 2.24) is 9.88 Å². The zero-order valence-corrected chi connectivity index (χ0v) is 14.7. The first-order chi connectivity index (χ1) is 11.7. The maximum Gasteiger partial charge on any atom is 0.0688 e. The first-order valence-electron chi connectivity index (χ1n) is 9.15. The van der Waals surface area contributed by atoms with E-state index in [4.69, 9.17) is 4.98 Å². The molecule has 1 aromatic carbocycles. The normalized spacial score (nSPS) is 23.8. The Balaban J connectivity index is 1.62. The third kappa shape index (κ3) is 3.03. The Morgan fingerprint density at radius 3 is 2.71 bits per heavy atom. The molecule has 124 valence electrons. The molecule has 2 aliphatic rings. The van der Waals surface area contributed by atoms with Crippen LogP contribution in [-0.4, -0.2) is 22.0 Å². The highest BCUT2D eigenvalue weighted by Crippen LogP contribution is 2.38. The highest BCUT2D eigenvalue weighted by atomic mass is 15.2. The first kappa shape index (κ1) is 15.6. The summed E-state index contributed by atoms with van der Waals surface area (Å²) in [5, 5.41) is 0. The number of hydrogen-bond acceptors (Lipinski definition) is 2. The molecule has 2 heteroatoms. The van der Waals surface area contributed by atoms with E-state index in [2.05, 4.69) is 61.2 Å². The van der Waals surface area contributed by atoms with Crippen LogP contribution in [0.15, 0.2) is 48.7 Å². The molecule has 2 nitrogen and oxygen atoms in total. The maximum atomic E-state index is 4.75. The quantitative estimate of drug-likeness (QED) is 0.799. The standard InChI is InChI=1S/C22H26N2/c1-16-11-17(2)22(23-14-16)19-12-20-9-6-10-21(13-19)24(20)15-18-7-4-3-5-8-18/h3-5,7-8,11-12,14,20-21H,6,9-10,13,15H2,1-2H3. The van der Waals surface area contributed by atoms with Crippen LogP contribution < -0.4 is 0 Å².